The molecule has 106 valence electrons. The Bertz CT molecular complexity index is 615. The highest BCUT2D eigenvalue weighted by Gasteiger charge is 2.29. The van der Waals surface area contributed by atoms with Crippen LogP contribution in [0.5, 0.6) is 0 Å². The SMILES string of the molecule is CNC1(C)CCN(c2nnc(C)c3ccccc23)CC1. The summed E-state index contributed by atoms with van der Waals surface area (Å²) in [5, 5.41) is 14.7. The monoisotopic (exact) mass is 270 g/mol. The van der Waals surface area contributed by atoms with Gasteiger partial charge in [0.05, 0.1) is 5.69 Å². The molecular formula is C16H22N4. The lowest BCUT2D eigenvalue weighted by molar-refractivity contribution is 0.304. The molecule has 1 fully saturated rings. The van der Waals surface area contributed by atoms with Crippen molar-refractivity contribution in [3.8, 4) is 0 Å². The zero-order valence-corrected chi connectivity index (χ0v) is 12.5. The van der Waals surface area contributed by atoms with Gasteiger partial charge in [0.25, 0.3) is 0 Å². The highest BCUT2D eigenvalue weighted by Crippen LogP contribution is 2.30. The molecule has 0 aliphatic carbocycles. The van der Waals surface area contributed by atoms with Crippen molar-refractivity contribution in [3.63, 3.8) is 0 Å². The van der Waals surface area contributed by atoms with Gasteiger partial charge < -0.3 is 10.2 Å². The molecule has 3 rings (SSSR count). The predicted octanol–water partition coefficient (Wildman–Crippen LogP) is 2.52. The van der Waals surface area contributed by atoms with Crippen LogP contribution in [0.25, 0.3) is 10.8 Å². The summed E-state index contributed by atoms with van der Waals surface area (Å²) >= 11 is 0. The van der Waals surface area contributed by atoms with E-state index in [0.29, 0.717) is 0 Å². The first-order valence-electron chi connectivity index (χ1n) is 7.29. The standard InChI is InChI=1S/C16H22N4/c1-12-13-6-4-5-7-14(13)15(19-18-12)20-10-8-16(2,17-3)9-11-20/h4-7,17H,8-11H2,1-3H3. The number of anilines is 1. The van der Waals surface area contributed by atoms with Crippen LogP contribution in [0.3, 0.4) is 0 Å². The Labute approximate surface area is 120 Å². The number of piperidine rings is 1. The van der Waals surface area contributed by atoms with Gasteiger partial charge in [0.2, 0.25) is 0 Å². The van der Waals surface area contributed by atoms with Gasteiger partial charge in [-0.25, -0.2) is 0 Å². The van der Waals surface area contributed by atoms with E-state index in [-0.39, 0.29) is 5.54 Å². The Morgan fingerprint density at radius 2 is 1.75 bits per heavy atom. The molecule has 0 amide bonds. The molecule has 0 unspecified atom stereocenters. The maximum absolute atomic E-state index is 4.46. The fourth-order valence-electron chi connectivity index (χ4n) is 2.92. The molecule has 0 spiro atoms. The molecule has 2 heterocycles. The molecule has 1 aromatic carbocycles. The van der Waals surface area contributed by atoms with Crippen LogP contribution in [-0.2, 0) is 0 Å². The van der Waals surface area contributed by atoms with Gasteiger partial charge in [0, 0.05) is 29.4 Å². The number of hydrogen-bond donors (Lipinski definition) is 1. The number of nitrogens with one attached hydrogen (secondary N) is 1. The average molecular weight is 270 g/mol. The van der Waals surface area contributed by atoms with Gasteiger partial charge >= 0.3 is 0 Å². The minimum atomic E-state index is 0.254. The highest BCUT2D eigenvalue weighted by atomic mass is 15.3. The second-order valence-electron chi connectivity index (χ2n) is 5.95. The van der Waals surface area contributed by atoms with E-state index in [1.165, 1.54) is 10.8 Å². The van der Waals surface area contributed by atoms with Crippen molar-refractivity contribution in [1.29, 1.82) is 0 Å². The van der Waals surface area contributed by atoms with Crippen molar-refractivity contribution < 1.29 is 0 Å². The van der Waals surface area contributed by atoms with E-state index < -0.39 is 0 Å². The van der Waals surface area contributed by atoms with E-state index in [0.717, 1.165) is 37.4 Å². The predicted molar refractivity (Wildman–Crippen MR) is 83.2 cm³/mol. The maximum Gasteiger partial charge on any atom is 0.159 e. The molecule has 1 N–H and O–H groups in total. The van der Waals surface area contributed by atoms with Crippen LogP contribution >= 0.6 is 0 Å². The molecule has 0 saturated carbocycles. The first-order valence-corrected chi connectivity index (χ1v) is 7.29. The Morgan fingerprint density at radius 3 is 2.40 bits per heavy atom. The molecule has 1 aromatic heterocycles. The summed E-state index contributed by atoms with van der Waals surface area (Å²) < 4.78 is 0. The first-order chi connectivity index (χ1) is 9.63. The van der Waals surface area contributed by atoms with Gasteiger partial charge in [-0.1, -0.05) is 24.3 Å². The Hall–Kier alpha value is -1.68. The van der Waals surface area contributed by atoms with Crippen LogP contribution in [0.4, 0.5) is 5.82 Å². The number of hydrogen-bond acceptors (Lipinski definition) is 4. The lowest BCUT2D eigenvalue weighted by Crippen LogP contribution is -2.50. The summed E-state index contributed by atoms with van der Waals surface area (Å²) in [6.45, 7) is 6.37. The molecule has 2 aromatic rings. The van der Waals surface area contributed by atoms with Crippen molar-refractivity contribution in [2.75, 3.05) is 25.0 Å². The number of nitrogens with zero attached hydrogens (tertiary/aromatic N) is 3. The summed E-state index contributed by atoms with van der Waals surface area (Å²) in [6.07, 6.45) is 2.26. The van der Waals surface area contributed by atoms with Gasteiger partial charge in [0.1, 0.15) is 0 Å². The third-order valence-electron chi connectivity index (χ3n) is 4.62. The van der Waals surface area contributed by atoms with Gasteiger partial charge in [-0.3, -0.25) is 0 Å². The zero-order valence-electron chi connectivity index (χ0n) is 12.5. The second-order valence-corrected chi connectivity index (χ2v) is 5.95. The first kappa shape index (κ1) is 13.3. The summed E-state index contributed by atoms with van der Waals surface area (Å²) in [4.78, 5) is 2.37. The summed E-state index contributed by atoms with van der Waals surface area (Å²) in [6, 6.07) is 8.42. The van der Waals surface area contributed by atoms with E-state index in [2.05, 4.69) is 58.7 Å². The van der Waals surface area contributed by atoms with E-state index in [9.17, 15) is 0 Å². The third kappa shape index (κ3) is 2.24. The van der Waals surface area contributed by atoms with Gasteiger partial charge in [-0.05, 0) is 33.7 Å². The number of aromatic nitrogens is 2. The molecule has 0 bridgehead atoms. The van der Waals surface area contributed by atoms with Crippen molar-refractivity contribution in [3.05, 3.63) is 30.0 Å². The molecular weight excluding hydrogens is 248 g/mol. The van der Waals surface area contributed by atoms with E-state index in [1.807, 2.05) is 6.92 Å². The number of fused-ring (bicyclic) bond motifs is 1. The molecule has 1 saturated heterocycles. The van der Waals surface area contributed by atoms with Crippen LogP contribution < -0.4 is 10.2 Å². The molecule has 1 aliphatic heterocycles. The van der Waals surface area contributed by atoms with E-state index in [4.69, 9.17) is 0 Å². The van der Waals surface area contributed by atoms with Crippen molar-refractivity contribution in [2.45, 2.75) is 32.2 Å². The van der Waals surface area contributed by atoms with Crippen LogP contribution in [0.15, 0.2) is 24.3 Å². The molecule has 0 atom stereocenters. The van der Waals surface area contributed by atoms with Crippen LogP contribution in [0.1, 0.15) is 25.5 Å². The molecule has 4 heteroatoms. The fourth-order valence-corrected chi connectivity index (χ4v) is 2.92. The minimum absolute atomic E-state index is 0.254. The van der Waals surface area contributed by atoms with Crippen LogP contribution in [-0.4, -0.2) is 35.9 Å². The quantitative estimate of drug-likeness (QED) is 0.910. The average Bonchev–Trinajstić information content (AvgIpc) is 2.49. The lowest BCUT2D eigenvalue weighted by atomic mass is 9.90. The number of rotatable bonds is 2. The Balaban J connectivity index is 1.94. The third-order valence-corrected chi connectivity index (χ3v) is 4.62. The smallest absolute Gasteiger partial charge is 0.159 e. The molecule has 0 radical (unpaired) electrons. The minimum Gasteiger partial charge on any atom is -0.354 e. The Kier molecular flexibility index (Phi) is 3.34. The van der Waals surface area contributed by atoms with E-state index >= 15 is 0 Å². The second kappa shape index (κ2) is 5.02. The summed E-state index contributed by atoms with van der Waals surface area (Å²) in [5.41, 5.74) is 1.26. The number of benzene rings is 1. The van der Waals surface area contributed by atoms with Crippen LogP contribution in [0, 0.1) is 6.92 Å². The van der Waals surface area contributed by atoms with Crippen molar-refractivity contribution in [1.82, 2.24) is 15.5 Å². The fraction of sp³-hybridized carbons (Fsp3) is 0.500. The topological polar surface area (TPSA) is 41.0 Å². The zero-order chi connectivity index (χ0) is 14.2. The normalized spacial score (nSPS) is 18.4. The molecule has 20 heavy (non-hydrogen) atoms. The van der Waals surface area contributed by atoms with Gasteiger partial charge in [-0.2, -0.15) is 5.10 Å². The van der Waals surface area contributed by atoms with E-state index in [1.54, 1.807) is 0 Å². The van der Waals surface area contributed by atoms with Crippen molar-refractivity contribution in [2.24, 2.45) is 0 Å². The summed E-state index contributed by atoms with van der Waals surface area (Å²) in [5.74, 6) is 1.03. The summed E-state index contributed by atoms with van der Waals surface area (Å²) in [7, 11) is 2.05. The molecule has 4 nitrogen and oxygen atoms in total. The van der Waals surface area contributed by atoms with Gasteiger partial charge in [0.15, 0.2) is 5.82 Å². The Morgan fingerprint density at radius 1 is 1.10 bits per heavy atom. The van der Waals surface area contributed by atoms with Crippen molar-refractivity contribution >= 4 is 16.6 Å². The van der Waals surface area contributed by atoms with Gasteiger partial charge in [-0.15, -0.1) is 5.10 Å². The van der Waals surface area contributed by atoms with Crippen LogP contribution in [0.2, 0.25) is 0 Å². The number of aryl methyl sites for hydroxylation is 1. The maximum atomic E-state index is 4.46. The largest absolute Gasteiger partial charge is 0.354 e. The lowest BCUT2D eigenvalue weighted by Gasteiger charge is -2.40. The highest BCUT2D eigenvalue weighted by molar-refractivity contribution is 5.93. The molecule has 1 aliphatic rings.